The van der Waals surface area contributed by atoms with E-state index in [1.54, 1.807) is 6.33 Å². The van der Waals surface area contributed by atoms with Gasteiger partial charge in [0.05, 0.1) is 6.04 Å². The minimum atomic E-state index is -0.206. The molecule has 0 saturated carbocycles. The van der Waals surface area contributed by atoms with Crippen molar-refractivity contribution >= 4 is 11.0 Å². The number of aryl methyl sites for hydroxylation is 1. The smallest absolute Gasteiger partial charge is 0.138 e. The lowest BCUT2D eigenvalue weighted by Crippen LogP contribution is -2.16. The molecule has 3 rings (SSSR count). The molecule has 5 heteroatoms. The second-order valence-electron chi connectivity index (χ2n) is 4.90. The van der Waals surface area contributed by atoms with Gasteiger partial charge in [0, 0.05) is 18.4 Å². The largest absolute Gasteiger partial charge is 0.459 e. The van der Waals surface area contributed by atoms with E-state index in [4.69, 9.17) is 10.2 Å². The highest BCUT2D eigenvalue weighted by atomic mass is 16.3. The van der Waals surface area contributed by atoms with Gasteiger partial charge >= 0.3 is 0 Å². The number of nitrogens with two attached hydrogens (primary N) is 1. The highest BCUT2D eigenvalue weighted by Crippen LogP contribution is 2.24. The maximum Gasteiger partial charge on any atom is 0.138 e. The Hall–Kier alpha value is -2.14. The van der Waals surface area contributed by atoms with Gasteiger partial charge in [0.1, 0.15) is 23.5 Å². The van der Waals surface area contributed by atoms with E-state index in [0.29, 0.717) is 6.42 Å². The summed E-state index contributed by atoms with van der Waals surface area (Å²) in [5.41, 5.74) is 7.11. The number of para-hydroxylation sites is 1. The lowest BCUT2D eigenvalue weighted by molar-refractivity contribution is 0.474. The van der Waals surface area contributed by atoms with Crippen molar-refractivity contribution in [3.8, 4) is 0 Å². The van der Waals surface area contributed by atoms with Crippen molar-refractivity contribution in [3.05, 3.63) is 48.2 Å². The number of hydrogen-bond acceptors (Lipinski definition) is 4. The number of nitrogens with zero attached hydrogens (tertiary/aromatic N) is 3. The molecule has 0 saturated heterocycles. The van der Waals surface area contributed by atoms with Gasteiger partial charge in [-0.05, 0) is 18.6 Å². The zero-order valence-corrected chi connectivity index (χ0v) is 11.5. The van der Waals surface area contributed by atoms with Crippen molar-refractivity contribution in [1.82, 2.24) is 14.8 Å². The first kappa shape index (κ1) is 12.9. The summed E-state index contributed by atoms with van der Waals surface area (Å²) in [6.45, 7) is 2.98. The minimum Gasteiger partial charge on any atom is -0.459 e. The topological polar surface area (TPSA) is 69.9 Å². The van der Waals surface area contributed by atoms with Crippen LogP contribution in [-0.2, 0) is 13.0 Å². The maximum absolute atomic E-state index is 6.24. The van der Waals surface area contributed by atoms with Crippen molar-refractivity contribution in [2.45, 2.75) is 32.4 Å². The number of benzene rings is 1. The fraction of sp³-hybridized carbons (Fsp3) is 0.333. The first-order chi connectivity index (χ1) is 9.78. The van der Waals surface area contributed by atoms with Crippen LogP contribution in [0.3, 0.4) is 0 Å². The van der Waals surface area contributed by atoms with Crippen molar-refractivity contribution in [3.63, 3.8) is 0 Å². The zero-order chi connectivity index (χ0) is 13.9. The predicted molar refractivity (Wildman–Crippen MR) is 77.2 cm³/mol. The highest BCUT2D eigenvalue weighted by molar-refractivity contribution is 5.77. The second kappa shape index (κ2) is 5.46. The van der Waals surface area contributed by atoms with Gasteiger partial charge in [-0.25, -0.2) is 4.98 Å². The van der Waals surface area contributed by atoms with E-state index < -0.39 is 0 Å². The Morgan fingerprint density at radius 3 is 3.00 bits per heavy atom. The molecule has 1 aromatic carbocycles. The Morgan fingerprint density at radius 1 is 1.35 bits per heavy atom. The molecule has 2 heterocycles. The normalized spacial score (nSPS) is 12.9. The number of hydrogen-bond donors (Lipinski definition) is 1. The number of aromatic nitrogens is 3. The van der Waals surface area contributed by atoms with Crippen LogP contribution in [0.4, 0.5) is 0 Å². The van der Waals surface area contributed by atoms with E-state index in [9.17, 15) is 0 Å². The summed E-state index contributed by atoms with van der Waals surface area (Å²) in [4.78, 5) is 4.28. The Morgan fingerprint density at radius 2 is 2.20 bits per heavy atom. The van der Waals surface area contributed by atoms with E-state index in [0.717, 1.165) is 35.5 Å². The van der Waals surface area contributed by atoms with Gasteiger partial charge < -0.3 is 10.2 Å². The van der Waals surface area contributed by atoms with Gasteiger partial charge in [-0.15, -0.1) is 0 Å². The fourth-order valence-corrected chi connectivity index (χ4v) is 2.33. The molecule has 2 aromatic heterocycles. The van der Waals surface area contributed by atoms with E-state index >= 15 is 0 Å². The summed E-state index contributed by atoms with van der Waals surface area (Å²) >= 11 is 0. The highest BCUT2D eigenvalue weighted by Gasteiger charge is 2.15. The third kappa shape index (κ3) is 2.44. The van der Waals surface area contributed by atoms with Crippen LogP contribution >= 0.6 is 0 Å². The molecule has 1 atom stereocenters. The Balaban J connectivity index is 1.81. The molecule has 0 aliphatic carbocycles. The van der Waals surface area contributed by atoms with E-state index in [-0.39, 0.29) is 6.04 Å². The molecular formula is C15H18N4O. The monoisotopic (exact) mass is 270 g/mol. The first-order valence-corrected chi connectivity index (χ1v) is 6.88. The fourth-order valence-electron chi connectivity index (χ4n) is 2.33. The number of furan rings is 1. The number of fused-ring (bicyclic) bond motifs is 1. The second-order valence-corrected chi connectivity index (χ2v) is 4.90. The van der Waals surface area contributed by atoms with Crippen molar-refractivity contribution in [1.29, 1.82) is 0 Å². The standard InChI is InChI=1S/C15H18N4O/c1-2-7-19-15(17-10-18-19)9-12(16)14-8-11-5-3-4-6-13(11)20-14/h3-6,8,10,12H,2,7,9,16H2,1H3. The van der Waals surface area contributed by atoms with Gasteiger partial charge in [0.2, 0.25) is 0 Å². The third-order valence-electron chi connectivity index (χ3n) is 3.34. The van der Waals surface area contributed by atoms with Gasteiger partial charge in [0.25, 0.3) is 0 Å². The lowest BCUT2D eigenvalue weighted by atomic mass is 10.1. The molecule has 0 fully saturated rings. The van der Waals surface area contributed by atoms with Gasteiger partial charge in [-0.3, -0.25) is 4.68 Å². The van der Waals surface area contributed by atoms with Crippen molar-refractivity contribution < 1.29 is 4.42 Å². The maximum atomic E-state index is 6.24. The quantitative estimate of drug-likeness (QED) is 0.773. The van der Waals surface area contributed by atoms with E-state index in [1.807, 2.05) is 35.0 Å². The Kier molecular flexibility index (Phi) is 3.52. The molecule has 1 unspecified atom stereocenters. The zero-order valence-electron chi connectivity index (χ0n) is 11.5. The Labute approximate surface area is 117 Å². The van der Waals surface area contributed by atoms with Gasteiger partial charge in [0.15, 0.2) is 0 Å². The van der Waals surface area contributed by atoms with E-state index in [1.165, 1.54) is 0 Å². The summed E-state index contributed by atoms with van der Waals surface area (Å²) in [6, 6.07) is 9.71. The van der Waals surface area contributed by atoms with Crippen LogP contribution < -0.4 is 5.73 Å². The Bertz CT molecular complexity index is 668. The van der Waals surface area contributed by atoms with Crippen LogP contribution in [-0.4, -0.2) is 14.8 Å². The molecule has 0 aliphatic rings. The predicted octanol–water partition coefficient (Wildman–Crippen LogP) is 2.68. The van der Waals surface area contributed by atoms with Crippen LogP contribution in [0.2, 0.25) is 0 Å². The van der Waals surface area contributed by atoms with Gasteiger partial charge in [-0.1, -0.05) is 25.1 Å². The average Bonchev–Trinajstić information content (AvgIpc) is 3.06. The molecule has 0 radical (unpaired) electrons. The van der Waals surface area contributed by atoms with Crippen LogP contribution in [0.1, 0.15) is 31.0 Å². The molecule has 104 valence electrons. The van der Waals surface area contributed by atoms with Crippen molar-refractivity contribution in [2.24, 2.45) is 5.73 Å². The molecule has 3 aromatic rings. The SMILES string of the molecule is CCCn1ncnc1CC(N)c1cc2ccccc2o1. The summed E-state index contributed by atoms with van der Waals surface area (Å²) in [6.07, 6.45) is 3.23. The van der Waals surface area contributed by atoms with Gasteiger partial charge in [-0.2, -0.15) is 5.10 Å². The molecule has 0 bridgehead atoms. The molecule has 5 nitrogen and oxygen atoms in total. The average molecular weight is 270 g/mol. The van der Waals surface area contributed by atoms with Crippen LogP contribution in [0.5, 0.6) is 0 Å². The van der Waals surface area contributed by atoms with Crippen LogP contribution in [0.25, 0.3) is 11.0 Å². The van der Waals surface area contributed by atoms with E-state index in [2.05, 4.69) is 17.0 Å². The first-order valence-electron chi connectivity index (χ1n) is 6.88. The van der Waals surface area contributed by atoms with Crippen molar-refractivity contribution in [2.75, 3.05) is 0 Å². The molecule has 0 amide bonds. The summed E-state index contributed by atoms with van der Waals surface area (Å²) in [7, 11) is 0. The van der Waals surface area contributed by atoms with Crippen LogP contribution in [0, 0.1) is 0 Å². The summed E-state index contributed by atoms with van der Waals surface area (Å²) in [5, 5.41) is 5.29. The molecule has 0 spiro atoms. The third-order valence-corrected chi connectivity index (χ3v) is 3.34. The summed E-state index contributed by atoms with van der Waals surface area (Å²) in [5.74, 6) is 1.69. The number of rotatable bonds is 5. The molecule has 0 aliphatic heterocycles. The molecule has 20 heavy (non-hydrogen) atoms. The molecular weight excluding hydrogens is 252 g/mol. The summed E-state index contributed by atoms with van der Waals surface area (Å²) < 4.78 is 7.70. The van der Waals surface area contributed by atoms with Crippen LogP contribution in [0.15, 0.2) is 41.1 Å². The lowest BCUT2D eigenvalue weighted by Gasteiger charge is -2.09. The minimum absolute atomic E-state index is 0.206. The molecule has 2 N–H and O–H groups in total.